The van der Waals surface area contributed by atoms with E-state index in [1.165, 1.54) is 0 Å². The summed E-state index contributed by atoms with van der Waals surface area (Å²) in [4.78, 5) is 27.7. The summed E-state index contributed by atoms with van der Waals surface area (Å²) < 4.78 is 7.27. The minimum atomic E-state index is -0.520. The van der Waals surface area contributed by atoms with Crippen LogP contribution in [-0.4, -0.2) is 52.4 Å². The van der Waals surface area contributed by atoms with Crippen LogP contribution >= 0.6 is 0 Å². The number of aromatic nitrogens is 2. The molecule has 2 N–H and O–H groups in total. The fourth-order valence-corrected chi connectivity index (χ4v) is 4.49. The fourth-order valence-electron chi connectivity index (χ4n) is 4.49. The maximum absolute atomic E-state index is 13.2. The van der Waals surface area contributed by atoms with Gasteiger partial charge in [-0.25, -0.2) is 0 Å². The topological polar surface area (TPSA) is 88.5 Å². The van der Waals surface area contributed by atoms with Crippen LogP contribution in [0.3, 0.4) is 0 Å². The Labute approximate surface area is 186 Å². The number of carbonyl (C=O) groups is 2. The van der Waals surface area contributed by atoms with Gasteiger partial charge in [-0.05, 0) is 36.4 Å². The number of benzene rings is 2. The molecule has 1 fully saturated rings. The first-order valence-electron chi connectivity index (χ1n) is 10.7. The lowest BCUT2D eigenvalue weighted by atomic mass is 9.92. The number of anilines is 1. The average Bonchev–Trinajstić information content (AvgIpc) is 3.32. The predicted molar refractivity (Wildman–Crippen MR) is 120 cm³/mol. The van der Waals surface area contributed by atoms with E-state index in [0.29, 0.717) is 43.6 Å². The third kappa shape index (κ3) is 3.68. The first-order chi connectivity index (χ1) is 15.6. The van der Waals surface area contributed by atoms with Crippen LogP contribution in [0.4, 0.5) is 5.69 Å². The average molecular weight is 431 g/mol. The number of piperidine rings is 1. The van der Waals surface area contributed by atoms with Gasteiger partial charge in [-0.2, -0.15) is 5.10 Å². The van der Waals surface area contributed by atoms with Crippen LogP contribution in [0.25, 0.3) is 0 Å². The van der Waals surface area contributed by atoms with E-state index >= 15 is 0 Å². The summed E-state index contributed by atoms with van der Waals surface area (Å²) in [6, 6.07) is 14.9. The lowest BCUT2D eigenvalue weighted by Crippen LogP contribution is -2.62. The second-order valence-corrected chi connectivity index (χ2v) is 8.23. The maximum atomic E-state index is 13.2. The van der Waals surface area contributed by atoms with E-state index in [9.17, 15) is 9.59 Å². The molecule has 1 saturated heterocycles. The number of para-hydroxylation sites is 1. The summed E-state index contributed by atoms with van der Waals surface area (Å²) in [5.41, 5.74) is 2.49. The number of likely N-dealkylation sites (tertiary alicyclic amines) is 1. The Kier molecular flexibility index (Phi) is 5.05. The molecule has 8 heteroatoms. The zero-order chi connectivity index (χ0) is 22.1. The van der Waals surface area contributed by atoms with Crippen LogP contribution in [0.15, 0.2) is 60.9 Å². The molecule has 8 nitrogen and oxygen atoms in total. The molecule has 0 aliphatic carbocycles. The quantitative estimate of drug-likeness (QED) is 0.663. The number of ether oxygens (including phenoxy) is 1. The van der Waals surface area contributed by atoms with E-state index in [1.54, 1.807) is 24.1 Å². The monoisotopic (exact) mass is 431 g/mol. The molecule has 1 spiro atoms. The Balaban J connectivity index is 1.30. The molecule has 0 atom stereocenters. The van der Waals surface area contributed by atoms with Crippen molar-refractivity contribution in [3.05, 3.63) is 77.6 Å². The van der Waals surface area contributed by atoms with Gasteiger partial charge in [-0.15, -0.1) is 0 Å². The molecule has 5 rings (SSSR count). The van der Waals surface area contributed by atoms with Gasteiger partial charge in [-0.3, -0.25) is 14.3 Å². The number of nitrogens with one attached hydrogen (secondary N) is 2. The van der Waals surface area contributed by atoms with Gasteiger partial charge < -0.3 is 20.3 Å². The van der Waals surface area contributed by atoms with E-state index in [4.69, 9.17) is 4.74 Å². The lowest BCUT2D eigenvalue weighted by Gasteiger charge is -2.45. The molecule has 32 heavy (non-hydrogen) atoms. The van der Waals surface area contributed by atoms with Gasteiger partial charge in [0.1, 0.15) is 11.4 Å². The van der Waals surface area contributed by atoms with Gasteiger partial charge in [-0.1, -0.05) is 12.1 Å². The number of fused-ring (bicyclic) bond motifs is 1. The van der Waals surface area contributed by atoms with Crippen LogP contribution in [0.1, 0.15) is 39.1 Å². The highest BCUT2D eigenvalue weighted by atomic mass is 16.5. The number of amides is 2. The van der Waals surface area contributed by atoms with Gasteiger partial charge in [0.2, 0.25) is 0 Å². The SMILES string of the molecule is COc1ccc(C(=O)N2CCC3(CC2)NC(=O)c2ccccc2N3)cc1Cn1cccn1. The number of hydrogen-bond donors (Lipinski definition) is 2. The van der Waals surface area contributed by atoms with Crippen LogP contribution in [-0.2, 0) is 6.54 Å². The first kappa shape index (κ1) is 20.1. The molecule has 0 saturated carbocycles. The summed E-state index contributed by atoms with van der Waals surface area (Å²) in [7, 11) is 1.62. The van der Waals surface area contributed by atoms with Gasteiger partial charge in [0.25, 0.3) is 11.8 Å². The molecule has 164 valence electrons. The van der Waals surface area contributed by atoms with Gasteiger partial charge >= 0.3 is 0 Å². The van der Waals surface area contributed by atoms with E-state index in [1.807, 2.05) is 53.6 Å². The molecular weight excluding hydrogens is 406 g/mol. The summed E-state index contributed by atoms with van der Waals surface area (Å²) in [5.74, 6) is 0.631. The van der Waals surface area contributed by atoms with Crippen molar-refractivity contribution in [2.75, 3.05) is 25.5 Å². The molecule has 2 amide bonds. The maximum Gasteiger partial charge on any atom is 0.255 e. The highest BCUT2D eigenvalue weighted by Gasteiger charge is 2.41. The minimum absolute atomic E-state index is 0.0215. The van der Waals surface area contributed by atoms with Crippen molar-refractivity contribution in [2.24, 2.45) is 0 Å². The predicted octanol–water partition coefficient (Wildman–Crippen LogP) is 2.73. The Morgan fingerprint density at radius 3 is 2.69 bits per heavy atom. The third-order valence-corrected chi connectivity index (χ3v) is 6.22. The van der Waals surface area contributed by atoms with E-state index in [-0.39, 0.29) is 11.8 Å². The van der Waals surface area contributed by atoms with E-state index in [2.05, 4.69) is 15.7 Å². The van der Waals surface area contributed by atoms with Gasteiger partial charge in [0.15, 0.2) is 0 Å². The van der Waals surface area contributed by atoms with Crippen molar-refractivity contribution in [2.45, 2.75) is 25.0 Å². The normalized spacial score (nSPS) is 16.8. The minimum Gasteiger partial charge on any atom is -0.496 e. The van der Waals surface area contributed by atoms with E-state index in [0.717, 1.165) is 17.0 Å². The largest absolute Gasteiger partial charge is 0.496 e. The number of hydrogen-bond acceptors (Lipinski definition) is 5. The first-order valence-corrected chi connectivity index (χ1v) is 10.7. The van der Waals surface area contributed by atoms with E-state index < -0.39 is 5.66 Å². The van der Waals surface area contributed by atoms with Gasteiger partial charge in [0, 0.05) is 55.1 Å². The highest BCUT2D eigenvalue weighted by molar-refractivity contribution is 6.02. The van der Waals surface area contributed by atoms with Crippen LogP contribution in [0, 0.1) is 0 Å². The standard InChI is InChI=1S/C24H25N5O3/c1-32-21-8-7-17(15-18(21)16-29-12-4-11-25-29)23(31)28-13-9-24(10-14-28)26-20-6-3-2-5-19(20)22(30)27-24/h2-8,11-12,15,26H,9-10,13-14,16H2,1H3,(H,27,30). The Morgan fingerprint density at radius 2 is 1.94 bits per heavy atom. The van der Waals surface area contributed by atoms with Crippen LogP contribution < -0.4 is 15.4 Å². The summed E-state index contributed by atoms with van der Waals surface area (Å²) in [6.45, 7) is 1.62. The number of rotatable bonds is 4. The third-order valence-electron chi connectivity index (χ3n) is 6.22. The molecule has 0 unspecified atom stereocenters. The molecule has 3 heterocycles. The molecule has 3 aromatic rings. The zero-order valence-corrected chi connectivity index (χ0v) is 17.9. The number of carbonyl (C=O) groups excluding carboxylic acids is 2. The second-order valence-electron chi connectivity index (χ2n) is 8.23. The molecule has 2 aliphatic heterocycles. The van der Waals surface area contributed by atoms with Crippen LogP contribution in [0.5, 0.6) is 5.75 Å². The second kappa shape index (κ2) is 8.03. The van der Waals surface area contributed by atoms with Crippen molar-refractivity contribution in [3.63, 3.8) is 0 Å². The number of methoxy groups -OCH3 is 1. The Morgan fingerprint density at radius 1 is 1.12 bits per heavy atom. The fraction of sp³-hybridized carbons (Fsp3) is 0.292. The Hall–Kier alpha value is -3.81. The summed E-state index contributed by atoms with van der Waals surface area (Å²) in [6.07, 6.45) is 4.87. The van der Waals surface area contributed by atoms with Crippen molar-refractivity contribution in [3.8, 4) is 5.75 Å². The summed E-state index contributed by atoms with van der Waals surface area (Å²) in [5, 5.41) is 10.9. The summed E-state index contributed by atoms with van der Waals surface area (Å²) >= 11 is 0. The lowest BCUT2D eigenvalue weighted by molar-refractivity contribution is 0.0639. The van der Waals surface area contributed by atoms with Crippen LogP contribution in [0.2, 0.25) is 0 Å². The van der Waals surface area contributed by atoms with Gasteiger partial charge in [0.05, 0.1) is 19.2 Å². The van der Waals surface area contributed by atoms with Crippen molar-refractivity contribution < 1.29 is 14.3 Å². The Bertz CT molecular complexity index is 1150. The highest BCUT2D eigenvalue weighted by Crippen LogP contribution is 2.32. The molecule has 0 radical (unpaired) electrons. The van der Waals surface area contributed by atoms with Crippen molar-refractivity contribution >= 4 is 17.5 Å². The molecule has 2 aromatic carbocycles. The molecule has 2 aliphatic rings. The molecule has 0 bridgehead atoms. The molecular formula is C24H25N5O3. The number of nitrogens with zero attached hydrogens (tertiary/aromatic N) is 3. The zero-order valence-electron chi connectivity index (χ0n) is 17.9. The van der Waals surface area contributed by atoms with Crippen molar-refractivity contribution in [1.82, 2.24) is 20.0 Å². The van der Waals surface area contributed by atoms with Crippen molar-refractivity contribution in [1.29, 1.82) is 0 Å². The smallest absolute Gasteiger partial charge is 0.255 e. The molecule has 1 aromatic heterocycles.